The molecule has 154 valence electrons. The first-order valence-electron chi connectivity index (χ1n) is 9.78. The fourth-order valence-corrected chi connectivity index (χ4v) is 3.43. The molecule has 1 aliphatic rings. The second-order valence-corrected chi connectivity index (χ2v) is 7.65. The number of aryl methyl sites for hydroxylation is 1. The molecule has 0 aliphatic carbocycles. The molecule has 2 N–H and O–H groups in total. The van der Waals surface area contributed by atoms with Crippen molar-refractivity contribution >= 4 is 29.2 Å². The van der Waals surface area contributed by atoms with Gasteiger partial charge in [-0.2, -0.15) is 0 Å². The van der Waals surface area contributed by atoms with E-state index in [2.05, 4.69) is 10.6 Å². The predicted molar refractivity (Wildman–Crippen MR) is 114 cm³/mol. The lowest BCUT2D eigenvalue weighted by atomic mass is 10.2. The molecule has 1 unspecified atom stereocenters. The number of anilines is 1. The molecule has 2 aromatic carbocycles. The van der Waals surface area contributed by atoms with Crippen LogP contribution in [0.4, 0.5) is 10.5 Å². The summed E-state index contributed by atoms with van der Waals surface area (Å²) in [5, 5.41) is 6.42. The van der Waals surface area contributed by atoms with Crippen molar-refractivity contribution in [2.75, 3.05) is 18.4 Å². The van der Waals surface area contributed by atoms with Crippen LogP contribution in [0.5, 0.6) is 5.75 Å². The lowest BCUT2D eigenvalue weighted by Crippen LogP contribution is -2.36. The number of hydrogen-bond acceptors (Lipinski definition) is 3. The van der Waals surface area contributed by atoms with Crippen molar-refractivity contribution in [3.63, 3.8) is 0 Å². The van der Waals surface area contributed by atoms with Gasteiger partial charge in [-0.05, 0) is 68.1 Å². The average Bonchev–Trinajstić information content (AvgIpc) is 3.23. The maximum absolute atomic E-state index is 12.4. The van der Waals surface area contributed by atoms with Crippen molar-refractivity contribution < 1.29 is 14.3 Å². The van der Waals surface area contributed by atoms with Gasteiger partial charge in [0.2, 0.25) is 0 Å². The molecule has 0 bridgehead atoms. The van der Waals surface area contributed by atoms with Gasteiger partial charge in [0.15, 0.2) is 6.10 Å². The summed E-state index contributed by atoms with van der Waals surface area (Å²) in [7, 11) is 0. The third kappa shape index (κ3) is 5.87. The normalized spacial score (nSPS) is 14.4. The van der Waals surface area contributed by atoms with E-state index in [-0.39, 0.29) is 11.9 Å². The summed E-state index contributed by atoms with van der Waals surface area (Å²) < 4.78 is 5.75. The molecular formula is C22H26ClN3O3. The van der Waals surface area contributed by atoms with Gasteiger partial charge in [-0.15, -0.1) is 0 Å². The fourth-order valence-electron chi connectivity index (χ4n) is 3.20. The van der Waals surface area contributed by atoms with Crippen LogP contribution in [0.15, 0.2) is 42.5 Å². The van der Waals surface area contributed by atoms with Crippen molar-refractivity contribution in [1.29, 1.82) is 0 Å². The minimum atomic E-state index is -0.645. The largest absolute Gasteiger partial charge is 0.481 e. The molecule has 2 aromatic rings. The Balaban J connectivity index is 1.52. The van der Waals surface area contributed by atoms with Gasteiger partial charge < -0.3 is 20.3 Å². The van der Waals surface area contributed by atoms with Gasteiger partial charge in [0.25, 0.3) is 5.91 Å². The van der Waals surface area contributed by atoms with Crippen LogP contribution in [0.3, 0.4) is 0 Å². The highest BCUT2D eigenvalue weighted by molar-refractivity contribution is 6.30. The third-order valence-corrected chi connectivity index (χ3v) is 5.08. The molecule has 29 heavy (non-hydrogen) atoms. The monoisotopic (exact) mass is 415 g/mol. The molecule has 3 amide bonds. The van der Waals surface area contributed by atoms with Crippen LogP contribution >= 0.6 is 11.6 Å². The first-order valence-corrected chi connectivity index (χ1v) is 10.2. The molecule has 1 heterocycles. The Hall–Kier alpha value is -2.73. The van der Waals surface area contributed by atoms with Crippen LogP contribution in [0, 0.1) is 6.92 Å². The van der Waals surface area contributed by atoms with Crippen molar-refractivity contribution in [3.8, 4) is 5.75 Å². The van der Waals surface area contributed by atoms with Crippen LogP contribution in [0.1, 0.15) is 30.9 Å². The molecule has 1 aliphatic heterocycles. The summed E-state index contributed by atoms with van der Waals surface area (Å²) in [5.74, 6) is 0.412. The number of nitrogens with zero attached hydrogens (tertiary/aromatic N) is 1. The number of urea groups is 1. The first-order chi connectivity index (χ1) is 13.9. The molecule has 3 rings (SSSR count). The van der Waals surface area contributed by atoms with Crippen LogP contribution in [0.25, 0.3) is 0 Å². The summed E-state index contributed by atoms with van der Waals surface area (Å²) >= 11 is 5.95. The molecule has 6 nitrogen and oxygen atoms in total. The van der Waals surface area contributed by atoms with E-state index in [4.69, 9.17) is 16.3 Å². The minimum absolute atomic E-state index is 0.0796. The highest BCUT2D eigenvalue weighted by atomic mass is 35.5. The predicted octanol–water partition coefficient (Wildman–Crippen LogP) is 4.36. The van der Waals surface area contributed by atoms with E-state index in [9.17, 15) is 9.59 Å². The molecule has 0 radical (unpaired) electrons. The zero-order valence-corrected chi connectivity index (χ0v) is 17.5. The molecule has 0 aromatic heterocycles. The van der Waals surface area contributed by atoms with E-state index in [0.717, 1.165) is 42.7 Å². The van der Waals surface area contributed by atoms with Gasteiger partial charge in [-0.3, -0.25) is 4.79 Å². The number of halogens is 1. The van der Waals surface area contributed by atoms with E-state index in [1.54, 1.807) is 25.1 Å². The molecule has 7 heteroatoms. The molecule has 1 fully saturated rings. The van der Waals surface area contributed by atoms with E-state index in [0.29, 0.717) is 17.3 Å². The Kier molecular flexibility index (Phi) is 6.99. The highest BCUT2D eigenvalue weighted by Crippen LogP contribution is 2.23. The topological polar surface area (TPSA) is 70.7 Å². The molecule has 0 spiro atoms. The number of benzene rings is 2. The quantitative estimate of drug-likeness (QED) is 0.736. The van der Waals surface area contributed by atoms with Crippen molar-refractivity contribution in [2.45, 2.75) is 39.3 Å². The number of hydrogen-bond donors (Lipinski definition) is 2. The standard InChI is InChI=1S/C22H26ClN3O3/c1-15-12-18(23)8-9-20(15)29-16(2)21(27)24-14-17-6-5-7-19(13-17)25-22(28)26-10-3-4-11-26/h5-9,12-13,16H,3-4,10-11,14H2,1-2H3,(H,24,27)(H,25,28). The van der Waals surface area contributed by atoms with E-state index < -0.39 is 6.10 Å². The second kappa shape index (κ2) is 9.65. The van der Waals surface area contributed by atoms with Crippen LogP contribution in [-0.2, 0) is 11.3 Å². The van der Waals surface area contributed by atoms with Gasteiger partial charge >= 0.3 is 6.03 Å². The van der Waals surface area contributed by atoms with Crippen LogP contribution < -0.4 is 15.4 Å². The molecular weight excluding hydrogens is 390 g/mol. The lowest BCUT2D eigenvalue weighted by molar-refractivity contribution is -0.127. The maximum Gasteiger partial charge on any atom is 0.321 e. The smallest absolute Gasteiger partial charge is 0.321 e. The summed E-state index contributed by atoms with van der Waals surface area (Å²) in [5.41, 5.74) is 2.49. The van der Waals surface area contributed by atoms with Crippen LogP contribution in [-0.4, -0.2) is 36.0 Å². The van der Waals surface area contributed by atoms with Crippen molar-refractivity contribution in [1.82, 2.24) is 10.2 Å². The van der Waals surface area contributed by atoms with Gasteiger partial charge in [-0.1, -0.05) is 23.7 Å². The fraction of sp³-hybridized carbons (Fsp3) is 0.364. The van der Waals surface area contributed by atoms with E-state index in [1.807, 2.05) is 36.1 Å². The number of nitrogens with one attached hydrogen (secondary N) is 2. The number of amides is 3. The second-order valence-electron chi connectivity index (χ2n) is 7.21. The number of likely N-dealkylation sites (tertiary alicyclic amines) is 1. The van der Waals surface area contributed by atoms with Gasteiger partial charge in [-0.25, -0.2) is 4.79 Å². The number of carbonyl (C=O) groups excluding carboxylic acids is 2. The van der Waals surface area contributed by atoms with Crippen LogP contribution in [0.2, 0.25) is 5.02 Å². The van der Waals surface area contributed by atoms with E-state index in [1.165, 1.54) is 0 Å². The SMILES string of the molecule is Cc1cc(Cl)ccc1OC(C)C(=O)NCc1cccc(NC(=O)N2CCCC2)c1. The molecule has 0 saturated carbocycles. The third-order valence-electron chi connectivity index (χ3n) is 4.85. The number of ether oxygens (including phenoxy) is 1. The average molecular weight is 416 g/mol. The Morgan fingerprint density at radius 2 is 1.93 bits per heavy atom. The summed E-state index contributed by atoms with van der Waals surface area (Å²) in [6.07, 6.45) is 1.46. The summed E-state index contributed by atoms with van der Waals surface area (Å²) in [4.78, 5) is 26.4. The minimum Gasteiger partial charge on any atom is -0.481 e. The summed E-state index contributed by atoms with van der Waals surface area (Å²) in [6.45, 7) is 5.53. The highest BCUT2D eigenvalue weighted by Gasteiger charge is 2.18. The number of carbonyl (C=O) groups is 2. The zero-order chi connectivity index (χ0) is 20.8. The number of rotatable bonds is 6. The summed E-state index contributed by atoms with van der Waals surface area (Å²) in [6, 6.07) is 12.7. The Morgan fingerprint density at radius 1 is 1.17 bits per heavy atom. The van der Waals surface area contributed by atoms with Crippen molar-refractivity contribution in [3.05, 3.63) is 58.6 Å². The van der Waals surface area contributed by atoms with E-state index >= 15 is 0 Å². The first kappa shape index (κ1) is 21.0. The Morgan fingerprint density at radius 3 is 2.66 bits per heavy atom. The Bertz CT molecular complexity index is 881. The van der Waals surface area contributed by atoms with Gasteiger partial charge in [0.05, 0.1) is 0 Å². The Labute approximate surface area is 176 Å². The van der Waals surface area contributed by atoms with Crippen molar-refractivity contribution in [2.24, 2.45) is 0 Å². The molecule has 1 saturated heterocycles. The van der Waals surface area contributed by atoms with Gasteiger partial charge in [0.1, 0.15) is 5.75 Å². The lowest BCUT2D eigenvalue weighted by Gasteiger charge is -2.17. The van der Waals surface area contributed by atoms with Gasteiger partial charge in [0, 0.05) is 30.3 Å². The zero-order valence-electron chi connectivity index (χ0n) is 16.7. The maximum atomic E-state index is 12.4. The molecule has 1 atom stereocenters.